The number of fused-ring (bicyclic) bond motifs is 2. The first kappa shape index (κ1) is 21.9. The Labute approximate surface area is 163 Å². The number of ether oxygens (including phenoxy) is 1. The second kappa shape index (κ2) is 7.90. The summed E-state index contributed by atoms with van der Waals surface area (Å²) in [6.07, 6.45) is 4.04. The first-order valence-electron chi connectivity index (χ1n) is 9.83. The molecule has 0 aromatic carbocycles. The molecule has 5 heteroatoms. The lowest BCUT2D eigenvalue weighted by Gasteiger charge is -2.48. The molecular weight excluding hydrogens is 342 g/mol. The van der Waals surface area contributed by atoms with E-state index < -0.39 is 6.10 Å². The Morgan fingerprint density at radius 3 is 2.37 bits per heavy atom. The van der Waals surface area contributed by atoms with E-state index in [1.165, 1.54) is 5.57 Å². The molecule has 27 heavy (non-hydrogen) atoms. The number of hydrogen-bond donors (Lipinski definition) is 2. The molecule has 0 bridgehead atoms. The summed E-state index contributed by atoms with van der Waals surface area (Å²) < 4.78 is 5.90. The Morgan fingerprint density at radius 1 is 1.30 bits per heavy atom. The molecule has 0 saturated heterocycles. The lowest BCUT2D eigenvalue weighted by atomic mass is 9.60. The van der Waals surface area contributed by atoms with E-state index in [0.717, 1.165) is 23.3 Å². The number of rotatable bonds is 2. The zero-order valence-electron chi connectivity index (χ0n) is 17.9. The molecule has 3 aliphatic rings. The molecule has 3 rings (SSSR count). The Kier molecular flexibility index (Phi) is 6.40. The summed E-state index contributed by atoms with van der Waals surface area (Å²) in [4.78, 5) is 14.0. The summed E-state index contributed by atoms with van der Waals surface area (Å²) in [5.74, 6) is 0.141. The van der Waals surface area contributed by atoms with Gasteiger partial charge in [-0.2, -0.15) is 0 Å². The highest BCUT2D eigenvalue weighted by atomic mass is 16.5. The molecule has 2 aliphatic carbocycles. The molecule has 0 aromatic rings. The van der Waals surface area contributed by atoms with E-state index in [1.807, 2.05) is 27.8 Å². The summed E-state index contributed by atoms with van der Waals surface area (Å²) >= 11 is 0. The average molecular weight is 378 g/mol. The van der Waals surface area contributed by atoms with Crippen molar-refractivity contribution in [2.75, 3.05) is 7.05 Å². The highest BCUT2D eigenvalue weighted by molar-refractivity contribution is 6.00. The minimum atomic E-state index is -0.531. The van der Waals surface area contributed by atoms with Gasteiger partial charge in [-0.3, -0.25) is 4.79 Å². The van der Waals surface area contributed by atoms with Crippen LogP contribution >= 0.6 is 0 Å². The molecule has 2 N–H and O–H groups in total. The maximum atomic E-state index is 12.3. The van der Waals surface area contributed by atoms with E-state index >= 15 is 0 Å². The van der Waals surface area contributed by atoms with Crippen molar-refractivity contribution in [1.29, 1.82) is 0 Å². The predicted octanol–water partition coefficient (Wildman–Crippen LogP) is 3.19. The van der Waals surface area contributed by atoms with Gasteiger partial charge in [0.25, 0.3) is 5.91 Å². The first-order chi connectivity index (χ1) is 12.4. The Balaban J connectivity index is 0.000000596. The zero-order valence-corrected chi connectivity index (χ0v) is 17.9. The molecule has 0 unspecified atom stereocenters. The van der Waals surface area contributed by atoms with Crippen LogP contribution in [0.2, 0.25) is 0 Å². The summed E-state index contributed by atoms with van der Waals surface area (Å²) in [7, 11) is 1.83. The molecule has 4 atom stereocenters. The van der Waals surface area contributed by atoms with Crippen LogP contribution in [0.15, 0.2) is 34.6 Å². The minimum Gasteiger partial charge on any atom is -0.394 e. The number of amides is 1. The largest absolute Gasteiger partial charge is 0.394 e. The standard InChI is InChI=1S/C19H27NO3.C3H8O/c1-10(2)23-16-8-13-7-15-14(11(3)18(22)20(15)6)9-19(13,5)12(4)17(16)21;1-3(2)4/h7-8,10,12,16-17,21H,9H2,1-6H3;3-4H,1-2H3/t12-,16+,17+,19+;/m0./s1. The fraction of sp³-hybridized carbons (Fsp3) is 0.682. The number of carbonyl (C=O) groups is 1. The molecular formula is C22H35NO4. The molecule has 152 valence electrons. The van der Waals surface area contributed by atoms with Crippen LogP contribution in [0.25, 0.3) is 0 Å². The molecule has 0 radical (unpaired) electrons. The van der Waals surface area contributed by atoms with Crippen molar-refractivity contribution in [3.05, 3.63) is 34.6 Å². The van der Waals surface area contributed by atoms with Gasteiger partial charge in [-0.05, 0) is 70.3 Å². The normalized spacial score (nSPS) is 32.8. The van der Waals surface area contributed by atoms with Gasteiger partial charge in [0, 0.05) is 29.8 Å². The van der Waals surface area contributed by atoms with E-state index in [4.69, 9.17) is 9.84 Å². The van der Waals surface area contributed by atoms with E-state index in [0.29, 0.717) is 0 Å². The quantitative estimate of drug-likeness (QED) is 0.775. The summed E-state index contributed by atoms with van der Waals surface area (Å²) in [6, 6.07) is 0. The average Bonchev–Trinajstić information content (AvgIpc) is 2.75. The van der Waals surface area contributed by atoms with Gasteiger partial charge in [0.05, 0.1) is 12.2 Å². The molecule has 5 nitrogen and oxygen atoms in total. The third-order valence-electron chi connectivity index (χ3n) is 5.87. The zero-order chi connectivity index (χ0) is 20.7. The van der Waals surface area contributed by atoms with Crippen LogP contribution in [0.3, 0.4) is 0 Å². The monoisotopic (exact) mass is 377 g/mol. The van der Waals surface area contributed by atoms with Crippen molar-refractivity contribution in [3.8, 4) is 0 Å². The van der Waals surface area contributed by atoms with Gasteiger partial charge in [0.15, 0.2) is 0 Å². The first-order valence-corrected chi connectivity index (χ1v) is 9.83. The van der Waals surface area contributed by atoms with Crippen LogP contribution in [-0.2, 0) is 9.53 Å². The van der Waals surface area contributed by atoms with Gasteiger partial charge in [0.2, 0.25) is 0 Å². The van der Waals surface area contributed by atoms with Crippen LogP contribution in [0.1, 0.15) is 54.9 Å². The summed E-state index contributed by atoms with van der Waals surface area (Å²) in [6.45, 7) is 13.6. The number of carbonyl (C=O) groups excluding carboxylic acids is 1. The highest BCUT2D eigenvalue weighted by Crippen LogP contribution is 2.54. The van der Waals surface area contributed by atoms with Crippen molar-refractivity contribution < 1.29 is 19.7 Å². The number of aliphatic hydroxyl groups is 2. The molecule has 0 spiro atoms. The van der Waals surface area contributed by atoms with Gasteiger partial charge in [0.1, 0.15) is 6.10 Å². The maximum Gasteiger partial charge on any atom is 0.254 e. The Bertz CT molecular complexity index is 686. The number of aliphatic hydroxyl groups excluding tert-OH is 2. The lowest BCUT2D eigenvalue weighted by Crippen LogP contribution is -2.48. The van der Waals surface area contributed by atoms with Crippen LogP contribution in [0, 0.1) is 11.3 Å². The lowest BCUT2D eigenvalue weighted by molar-refractivity contribution is -0.123. The Morgan fingerprint density at radius 2 is 1.85 bits per heavy atom. The van der Waals surface area contributed by atoms with Crippen LogP contribution in [0.5, 0.6) is 0 Å². The van der Waals surface area contributed by atoms with Crippen LogP contribution in [0.4, 0.5) is 0 Å². The van der Waals surface area contributed by atoms with Crippen LogP contribution < -0.4 is 0 Å². The number of hydrogen-bond acceptors (Lipinski definition) is 4. The SMILES string of the molecule is CC(C)O.CC1=C2C[C@@]3(C)C(=C[C@@H](OC(C)C)[C@H](O)[C@@H]3C)C=C2N(C)C1=O. The third-order valence-corrected chi connectivity index (χ3v) is 5.87. The van der Waals surface area contributed by atoms with Crippen molar-refractivity contribution in [3.63, 3.8) is 0 Å². The van der Waals surface area contributed by atoms with Gasteiger partial charge < -0.3 is 19.8 Å². The number of nitrogens with zero attached hydrogens (tertiary/aromatic N) is 1. The van der Waals surface area contributed by atoms with E-state index in [9.17, 15) is 9.90 Å². The Hall–Kier alpha value is -1.43. The number of likely N-dealkylation sites (N-methyl/N-ethyl adjacent to an activating group) is 1. The molecule has 1 heterocycles. The van der Waals surface area contributed by atoms with Gasteiger partial charge in [-0.15, -0.1) is 0 Å². The maximum absolute atomic E-state index is 12.3. The highest BCUT2D eigenvalue weighted by Gasteiger charge is 2.49. The van der Waals surface area contributed by atoms with Gasteiger partial charge in [-0.1, -0.05) is 13.8 Å². The van der Waals surface area contributed by atoms with E-state index in [-0.39, 0.29) is 35.6 Å². The van der Waals surface area contributed by atoms with E-state index in [2.05, 4.69) is 26.0 Å². The molecule has 1 aliphatic heterocycles. The van der Waals surface area contributed by atoms with Gasteiger partial charge >= 0.3 is 0 Å². The topological polar surface area (TPSA) is 70.0 Å². The van der Waals surface area contributed by atoms with Gasteiger partial charge in [-0.25, -0.2) is 0 Å². The number of allylic oxidation sites excluding steroid dienone is 3. The molecule has 0 aromatic heterocycles. The summed E-state index contributed by atoms with van der Waals surface area (Å²) in [5, 5.41) is 18.8. The minimum absolute atomic E-state index is 0.0605. The predicted molar refractivity (Wildman–Crippen MR) is 107 cm³/mol. The van der Waals surface area contributed by atoms with Crippen LogP contribution in [-0.4, -0.2) is 52.5 Å². The third kappa shape index (κ3) is 4.05. The summed E-state index contributed by atoms with van der Waals surface area (Å²) in [5.41, 5.74) is 3.97. The fourth-order valence-electron chi connectivity index (χ4n) is 4.11. The smallest absolute Gasteiger partial charge is 0.254 e. The van der Waals surface area contributed by atoms with E-state index in [1.54, 1.807) is 18.7 Å². The second-order valence-corrected chi connectivity index (χ2v) is 8.74. The molecule has 0 fully saturated rings. The fourth-order valence-corrected chi connectivity index (χ4v) is 4.11. The van der Waals surface area contributed by atoms with Crippen molar-refractivity contribution in [1.82, 2.24) is 4.90 Å². The van der Waals surface area contributed by atoms with Crippen molar-refractivity contribution >= 4 is 5.91 Å². The van der Waals surface area contributed by atoms with Crippen molar-refractivity contribution in [2.24, 2.45) is 11.3 Å². The molecule has 0 saturated carbocycles. The molecule has 1 amide bonds. The second-order valence-electron chi connectivity index (χ2n) is 8.74. The van der Waals surface area contributed by atoms with Crippen molar-refractivity contribution in [2.45, 2.75) is 79.3 Å².